The zero-order chi connectivity index (χ0) is 12.6. The molecule has 1 atom stereocenters. The van der Waals surface area contributed by atoms with Gasteiger partial charge in [-0.3, -0.25) is 4.79 Å². The van der Waals surface area contributed by atoms with Crippen LogP contribution >= 0.6 is 0 Å². The Morgan fingerprint density at radius 1 is 1.31 bits per heavy atom. The molecular weight excluding hydrogens is 206 g/mol. The number of carboxylic acids is 1. The van der Waals surface area contributed by atoms with Crippen LogP contribution in [0.15, 0.2) is 0 Å². The highest BCUT2D eigenvalue weighted by Crippen LogP contribution is 2.21. The average Bonchev–Trinajstić information content (AvgIpc) is 2.13. The van der Waals surface area contributed by atoms with Gasteiger partial charge in [-0.15, -0.1) is 0 Å². The molecule has 0 spiro atoms. The number of aliphatic hydroxyl groups is 1. The molecule has 16 heavy (non-hydrogen) atoms. The third kappa shape index (κ3) is 7.65. The minimum atomic E-state index is -0.734. The Labute approximate surface area is 98.1 Å². The molecule has 4 heteroatoms. The largest absolute Gasteiger partial charge is 0.481 e. The Morgan fingerprint density at radius 2 is 1.94 bits per heavy atom. The Kier molecular flexibility index (Phi) is 7.34. The minimum absolute atomic E-state index is 0.121. The van der Waals surface area contributed by atoms with Crippen molar-refractivity contribution in [1.29, 1.82) is 0 Å². The maximum atomic E-state index is 10.3. The summed E-state index contributed by atoms with van der Waals surface area (Å²) in [5, 5.41) is 20.8. The fourth-order valence-electron chi connectivity index (χ4n) is 1.65. The quantitative estimate of drug-likeness (QED) is 0.555. The van der Waals surface area contributed by atoms with E-state index in [2.05, 4.69) is 26.1 Å². The van der Waals surface area contributed by atoms with Crippen LogP contribution < -0.4 is 5.32 Å². The van der Waals surface area contributed by atoms with Crippen LogP contribution in [0.25, 0.3) is 0 Å². The molecule has 0 fully saturated rings. The molecule has 0 aliphatic rings. The number of nitrogens with one attached hydrogen (secondary N) is 1. The van der Waals surface area contributed by atoms with Crippen LogP contribution in [-0.2, 0) is 4.79 Å². The maximum Gasteiger partial charge on any atom is 0.303 e. The average molecular weight is 231 g/mol. The first kappa shape index (κ1) is 15.4. The molecule has 0 aliphatic carbocycles. The van der Waals surface area contributed by atoms with Gasteiger partial charge in [0.1, 0.15) is 0 Å². The van der Waals surface area contributed by atoms with E-state index in [1.165, 1.54) is 0 Å². The molecule has 0 rings (SSSR count). The molecule has 96 valence electrons. The summed E-state index contributed by atoms with van der Waals surface area (Å²) >= 11 is 0. The highest BCUT2D eigenvalue weighted by Gasteiger charge is 2.22. The maximum absolute atomic E-state index is 10.3. The molecular formula is C12H25NO3. The number of aliphatic hydroxyl groups excluding tert-OH is 1. The summed E-state index contributed by atoms with van der Waals surface area (Å²) in [5.74, 6) is -0.734. The summed E-state index contributed by atoms with van der Waals surface area (Å²) in [6.45, 7) is 7.41. The molecule has 0 saturated carbocycles. The SMILES string of the molecule is CC(C)(C)C(CCO)NCCCCC(=O)O. The normalized spacial score (nSPS) is 13.8. The Hall–Kier alpha value is -0.610. The van der Waals surface area contributed by atoms with Gasteiger partial charge < -0.3 is 15.5 Å². The van der Waals surface area contributed by atoms with Crippen molar-refractivity contribution in [3.05, 3.63) is 0 Å². The summed E-state index contributed by atoms with van der Waals surface area (Å²) in [5.41, 5.74) is 0.121. The van der Waals surface area contributed by atoms with Crippen molar-refractivity contribution < 1.29 is 15.0 Å². The van der Waals surface area contributed by atoms with Crippen LogP contribution in [0.3, 0.4) is 0 Å². The lowest BCUT2D eigenvalue weighted by atomic mass is 9.85. The zero-order valence-electron chi connectivity index (χ0n) is 10.6. The minimum Gasteiger partial charge on any atom is -0.481 e. The number of hydrogen-bond acceptors (Lipinski definition) is 3. The molecule has 0 saturated heterocycles. The Bertz CT molecular complexity index is 199. The topological polar surface area (TPSA) is 69.6 Å². The molecule has 0 heterocycles. The summed E-state index contributed by atoms with van der Waals surface area (Å²) < 4.78 is 0. The van der Waals surface area contributed by atoms with Crippen LogP contribution in [0.4, 0.5) is 0 Å². The third-order valence-electron chi connectivity index (χ3n) is 2.67. The second kappa shape index (κ2) is 7.63. The summed E-state index contributed by atoms with van der Waals surface area (Å²) in [6.07, 6.45) is 2.55. The van der Waals surface area contributed by atoms with Crippen molar-refractivity contribution >= 4 is 5.97 Å². The van der Waals surface area contributed by atoms with Crippen LogP contribution in [0.2, 0.25) is 0 Å². The van der Waals surface area contributed by atoms with Gasteiger partial charge in [-0.1, -0.05) is 20.8 Å². The van der Waals surface area contributed by atoms with Crippen LogP contribution in [0.5, 0.6) is 0 Å². The predicted octanol–water partition coefficient (Wildman–Crippen LogP) is 1.63. The van der Waals surface area contributed by atoms with Crippen molar-refractivity contribution in [1.82, 2.24) is 5.32 Å². The standard InChI is InChI=1S/C12H25NO3/c1-12(2,3)10(7-9-14)13-8-5-4-6-11(15)16/h10,13-14H,4-9H2,1-3H3,(H,15,16). The summed E-state index contributed by atoms with van der Waals surface area (Å²) in [6, 6.07) is 0.280. The van der Waals surface area contributed by atoms with Gasteiger partial charge in [0.15, 0.2) is 0 Å². The second-order valence-corrected chi connectivity index (χ2v) is 5.24. The van der Waals surface area contributed by atoms with Crippen molar-refractivity contribution in [3.8, 4) is 0 Å². The van der Waals surface area contributed by atoms with Crippen molar-refractivity contribution in [2.24, 2.45) is 5.41 Å². The molecule has 0 bridgehead atoms. The number of aliphatic carboxylic acids is 1. The van der Waals surface area contributed by atoms with Crippen LogP contribution in [0, 0.1) is 5.41 Å². The molecule has 0 aromatic heterocycles. The first-order chi connectivity index (χ1) is 7.38. The van der Waals surface area contributed by atoms with Gasteiger partial charge in [-0.2, -0.15) is 0 Å². The summed E-state index contributed by atoms with van der Waals surface area (Å²) in [4.78, 5) is 10.3. The monoisotopic (exact) mass is 231 g/mol. The smallest absolute Gasteiger partial charge is 0.303 e. The molecule has 0 aliphatic heterocycles. The fraction of sp³-hybridized carbons (Fsp3) is 0.917. The van der Waals surface area contributed by atoms with E-state index in [4.69, 9.17) is 10.2 Å². The van der Waals surface area contributed by atoms with E-state index in [0.29, 0.717) is 6.42 Å². The third-order valence-corrected chi connectivity index (χ3v) is 2.67. The number of hydrogen-bond donors (Lipinski definition) is 3. The van der Waals surface area contributed by atoms with Crippen LogP contribution in [-0.4, -0.2) is 35.4 Å². The molecule has 0 radical (unpaired) electrons. The molecule has 1 unspecified atom stereocenters. The first-order valence-corrected chi connectivity index (χ1v) is 5.94. The van der Waals surface area contributed by atoms with E-state index in [0.717, 1.165) is 19.4 Å². The molecule has 0 amide bonds. The zero-order valence-corrected chi connectivity index (χ0v) is 10.6. The fourth-order valence-corrected chi connectivity index (χ4v) is 1.65. The van der Waals surface area contributed by atoms with E-state index >= 15 is 0 Å². The lowest BCUT2D eigenvalue weighted by molar-refractivity contribution is -0.137. The number of carboxylic acid groups (broad SMARTS) is 1. The number of unbranched alkanes of at least 4 members (excludes halogenated alkanes) is 1. The summed E-state index contributed by atoms with van der Waals surface area (Å²) in [7, 11) is 0. The lowest BCUT2D eigenvalue weighted by Gasteiger charge is -2.31. The predicted molar refractivity (Wildman–Crippen MR) is 64.4 cm³/mol. The van der Waals surface area contributed by atoms with Gasteiger partial charge in [0.25, 0.3) is 0 Å². The molecule has 0 aromatic carbocycles. The van der Waals surface area contributed by atoms with Gasteiger partial charge in [0.05, 0.1) is 0 Å². The molecule has 0 aromatic rings. The van der Waals surface area contributed by atoms with E-state index in [1.54, 1.807) is 0 Å². The highest BCUT2D eigenvalue weighted by atomic mass is 16.4. The van der Waals surface area contributed by atoms with Gasteiger partial charge in [-0.25, -0.2) is 0 Å². The van der Waals surface area contributed by atoms with Crippen molar-refractivity contribution in [2.45, 2.75) is 52.5 Å². The van der Waals surface area contributed by atoms with Gasteiger partial charge in [0, 0.05) is 19.1 Å². The van der Waals surface area contributed by atoms with Gasteiger partial charge in [0.2, 0.25) is 0 Å². The van der Waals surface area contributed by atoms with E-state index in [-0.39, 0.29) is 24.5 Å². The van der Waals surface area contributed by atoms with Crippen molar-refractivity contribution in [3.63, 3.8) is 0 Å². The van der Waals surface area contributed by atoms with E-state index < -0.39 is 5.97 Å². The highest BCUT2D eigenvalue weighted by molar-refractivity contribution is 5.66. The first-order valence-electron chi connectivity index (χ1n) is 5.94. The van der Waals surface area contributed by atoms with Gasteiger partial charge in [-0.05, 0) is 31.2 Å². The Morgan fingerprint density at radius 3 is 2.38 bits per heavy atom. The lowest BCUT2D eigenvalue weighted by Crippen LogP contribution is -2.41. The van der Waals surface area contributed by atoms with Gasteiger partial charge >= 0.3 is 5.97 Å². The van der Waals surface area contributed by atoms with E-state index in [1.807, 2.05) is 0 Å². The second-order valence-electron chi connectivity index (χ2n) is 5.24. The molecule has 3 N–H and O–H groups in total. The molecule has 4 nitrogen and oxygen atoms in total. The van der Waals surface area contributed by atoms with Crippen LogP contribution in [0.1, 0.15) is 46.5 Å². The van der Waals surface area contributed by atoms with E-state index in [9.17, 15) is 4.79 Å². The number of carbonyl (C=O) groups is 1. The number of rotatable bonds is 8. The van der Waals surface area contributed by atoms with Crippen molar-refractivity contribution in [2.75, 3.05) is 13.2 Å². The Balaban J connectivity index is 3.73.